The lowest BCUT2D eigenvalue weighted by molar-refractivity contribution is -0.384. The predicted octanol–water partition coefficient (Wildman–Crippen LogP) is 1.72. The average molecular weight is 292 g/mol. The van der Waals surface area contributed by atoms with Gasteiger partial charge < -0.3 is 10.1 Å². The molecule has 0 saturated carbocycles. The van der Waals surface area contributed by atoms with Crippen molar-refractivity contribution >= 4 is 17.6 Å². The van der Waals surface area contributed by atoms with Gasteiger partial charge in [0.1, 0.15) is 0 Å². The van der Waals surface area contributed by atoms with Crippen LogP contribution in [-0.2, 0) is 20.7 Å². The van der Waals surface area contributed by atoms with Crippen molar-refractivity contribution in [2.24, 2.45) is 0 Å². The first-order valence-corrected chi connectivity index (χ1v) is 6.30. The lowest BCUT2D eigenvalue weighted by Gasteiger charge is -2.05. The molecule has 21 heavy (non-hydrogen) atoms. The normalized spacial score (nSPS) is 10.9. The van der Waals surface area contributed by atoms with Crippen molar-refractivity contribution in [1.29, 1.82) is 0 Å². The Labute approximate surface area is 121 Å². The van der Waals surface area contributed by atoms with Crippen molar-refractivity contribution in [3.63, 3.8) is 0 Å². The van der Waals surface area contributed by atoms with Gasteiger partial charge in [-0.3, -0.25) is 14.9 Å². The second-order valence-corrected chi connectivity index (χ2v) is 4.23. The van der Waals surface area contributed by atoms with Crippen LogP contribution in [0.1, 0.15) is 19.4 Å². The van der Waals surface area contributed by atoms with E-state index in [0.29, 0.717) is 11.3 Å². The number of esters is 1. The second kappa shape index (κ2) is 7.78. The zero-order valence-corrected chi connectivity index (χ0v) is 11.8. The van der Waals surface area contributed by atoms with E-state index in [2.05, 4.69) is 5.32 Å². The van der Waals surface area contributed by atoms with Crippen LogP contribution >= 0.6 is 0 Å². The molecular weight excluding hydrogens is 276 g/mol. The van der Waals surface area contributed by atoms with Gasteiger partial charge in [-0.25, -0.2) is 4.79 Å². The fourth-order valence-electron chi connectivity index (χ4n) is 1.58. The number of amides is 1. The minimum absolute atomic E-state index is 0.0301. The number of nitro benzene ring substituents is 1. The van der Waals surface area contributed by atoms with Gasteiger partial charge >= 0.3 is 5.97 Å². The average Bonchev–Trinajstić information content (AvgIpc) is 2.38. The molecule has 1 rings (SSSR count). The van der Waals surface area contributed by atoms with Gasteiger partial charge in [-0.2, -0.15) is 0 Å². The first kappa shape index (κ1) is 16.4. The van der Waals surface area contributed by atoms with Gasteiger partial charge in [0.25, 0.3) is 5.69 Å². The molecule has 1 aromatic carbocycles. The van der Waals surface area contributed by atoms with Gasteiger partial charge in [-0.1, -0.05) is 12.1 Å². The lowest BCUT2D eigenvalue weighted by atomic mass is 10.1. The summed E-state index contributed by atoms with van der Waals surface area (Å²) in [6.45, 7) is 3.53. The van der Waals surface area contributed by atoms with Gasteiger partial charge in [0, 0.05) is 23.9 Å². The lowest BCUT2D eigenvalue weighted by Crippen LogP contribution is -2.24. The highest BCUT2D eigenvalue weighted by atomic mass is 16.6. The maximum Gasteiger partial charge on any atom is 0.332 e. The van der Waals surface area contributed by atoms with E-state index in [1.165, 1.54) is 30.3 Å². The first-order chi connectivity index (χ1) is 9.92. The molecule has 0 aliphatic carbocycles. The fourth-order valence-corrected chi connectivity index (χ4v) is 1.58. The third kappa shape index (κ3) is 5.85. The molecular formula is C14H16N2O5. The standard InChI is InChI=1S/C14H16N2O5/c1-3-21-14(18)8-10(2)15-13(17)9-11-4-6-12(7-5-11)16(19)20/h4-8H,3,9H2,1-2H3,(H,15,17). The summed E-state index contributed by atoms with van der Waals surface area (Å²) in [6.07, 6.45) is 1.25. The van der Waals surface area contributed by atoms with Crippen molar-refractivity contribution in [3.05, 3.63) is 51.7 Å². The van der Waals surface area contributed by atoms with Crippen molar-refractivity contribution < 1.29 is 19.2 Å². The molecule has 0 aliphatic heterocycles. The number of nitrogens with one attached hydrogen (secondary N) is 1. The Morgan fingerprint density at radius 1 is 1.33 bits per heavy atom. The molecule has 1 amide bonds. The van der Waals surface area contributed by atoms with Gasteiger partial charge in [0.05, 0.1) is 18.0 Å². The maximum atomic E-state index is 11.7. The minimum atomic E-state index is -0.523. The SMILES string of the molecule is CCOC(=O)C=C(C)NC(=O)Cc1ccc([N+](=O)[O-])cc1. The number of non-ortho nitro benzene ring substituents is 1. The highest BCUT2D eigenvalue weighted by Crippen LogP contribution is 2.12. The molecule has 0 spiro atoms. The number of nitro groups is 1. The minimum Gasteiger partial charge on any atom is -0.463 e. The summed E-state index contributed by atoms with van der Waals surface area (Å²) in [5.74, 6) is -0.840. The van der Waals surface area contributed by atoms with Crippen LogP contribution in [0.3, 0.4) is 0 Å². The van der Waals surface area contributed by atoms with E-state index in [1.807, 2.05) is 0 Å². The summed E-state index contributed by atoms with van der Waals surface area (Å²) in [5.41, 5.74) is 0.986. The monoisotopic (exact) mass is 292 g/mol. The molecule has 0 radical (unpaired) electrons. The van der Waals surface area contributed by atoms with E-state index < -0.39 is 10.9 Å². The van der Waals surface area contributed by atoms with Gasteiger partial charge in [-0.05, 0) is 19.4 Å². The molecule has 0 fully saturated rings. The molecule has 0 atom stereocenters. The molecule has 0 saturated heterocycles. The van der Waals surface area contributed by atoms with E-state index >= 15 is 0 Å². The third-order valence-electron chi connectivity index (χ3n) is 2.47. The largest absolute Gasteiger partial charge is 0.463 e. The highest BCUT2D eigenvalue weighted by molar-refractivity contribution is 5.85. The van der Waals surface area contributed by atoms with Crippen molar-refractivity contribution in [2.45, 2.75) is 20.3 Å². The zero-order chi connectivity index (χ0) is 15.8. The van der Waals surface area contributed by atoms with E-state index in [4.69, 9.17) is 4.74 Å². The highest BCUT2D eigenvalue weighted by Gasteiger charge is 2.08. The number of rotatable bonds is 6. The van der Waals surface area contributed by atoms with Crippen molar-refractivity contribution in [2.75, 3.05) is 6.61 Å². The van der Waals surface area contributed by atoms with Gasteiger partial charge in [0.2, 0.25) is 5.91 Å². The Morgan fingerprint density at radius 2 is 1.95 bits per heavy atom. The van der Waals surface area contributed by atoms with Crippen LogP contribution in [0.25, 0.3) is 0 Å². The summed E-state index contributed by atoms with van der Waals surface area (Å²) in [7, 11) is 0. The number of allylic oxidation sites excluding steroid dienone is 1. The summed E-state index contributed by atoms with van der Waals surface area (Å²) in [6, 6.07) is 5.71. The second-order valence-electron chi connectivity index (χ2n) is 4.23. The number of hydrogen-bond acceptors (Lipinski definition) is 5. The van der Waals surface area contributed by atoms with Crippen LogP contribution in [0.4, 0.5) is 5.69 Å². The quantitative estimate of drug-likeness (QED) is 0.372. The Bertz CT molecular complexity index is 563. The molecule has 0 unspecified atom stereocenters. The van der Waals surface area contributed by atoms with Crippen LogP contribution in [0.2, 0.25) is 0 Å². The van der Waals surface area contributed by atoms with E-state index in [9.17, 15) is 19.7 Å². The maximum absolute atomic E-state index is 11.7. The van der Waals surface area contributed by atoms with Crippen LogP contribution in [0.5, 0.6) is 0 Å². The van der Waals surface area contributed by atoms with E-state index in [1.54, 1.807) is 13.8 Å². The number of carbonyl (C=O) groups is 2. The smallest absolute Gasteiger partial charge is 0.332 e. The van der Waals surface area contributed by atoms with E-state index in [-0.39, 0.29) is 24.6 Å². The van der Waals surface area contributed by atoms with E-state index in [0.717, 1.165) is 0 Å². The fraction of sp³-hybridized carbons (Fsp3) is 0.286. The molecule has 7 heteroatoms. The number of hydrogen-bond donors (Lipinski definition) is 1. The number of carbonyl (C=O) groups excluding carboxylic acids is 2. The summed E-state index contributed by atoms with van der Waals surface area (Å²) in [4.78, 5) is 32.9. The van der Waals surface area contributed by atoms with Crippen LogP contribution in [0.15, 0.2) is 36.0 Å². The predicted molar refractivity (Wildman–Crippen MR) is 75.3 cm³/mol. The third-order valence-corrected chi connectivity index (χ3v) is 2.47. The molecule has 0 bridgehead atoms. The van der Waals surface area contributed by atoms with Gasteiger partial charge in [-0.15, -0.1) is 0 Å². The molecule has 7 nitrogen and oxygen atoms in total. The van der Waals surface area contributed by atoms with Crippen LogP contribution < -0.4 is 5.32 Å². The zero-order valence-electron chi connectivity index (χ0n) is 11.8. The molecule has 0 heterocycles. The Balaban J connectivity index is 2.57. The van der Waals surface area contributed by atoms with Crippen molar-refractivity contribution in [3.8, 4) is 0 Å². The summed E-state index contributed by atoms with van der Waals surface area (Å²) in [5, 5.41) is 13.1. The summed E-state index contributed by atoms with van der Waals surface area (Å²) < 4.78 is 4.72. The molecule has 0 aliphatic rings. The number of ether oxygens (including phenoxy) is 1. The number of benzene rings is 1. The topological polar surface area (TPSA) is 98.5 Å². The Morgan fingerprint density at radius 3 is 2.48 bits per heavy atom. The van der Waals surface area contributed by atoms with Gasteiger partial charge in [0.15, 0.2) is 0 Å². The molecule has 112 valence electrons. The van der Waals surface area contributed by atoms with Crippen LogP contribution in [-0.4, -0.2) is 23.4 Å². The molecule has 0 aromatic heterocycles. The number of nitrogens with zero attached hydrogens (tertiary/aromatic N) is 1. The van der Waals surface area contributed by atoms with Crippen molar-refractivity contribution in [1.82, 2.24) is 5.32 Å². The molecule has 1 N–H and O–H groups in total. The Kier molecular flexibility index (Phi) is 6.06. The Hall–Kier alpha value is -2.70. The summed E-state index contributed by atoms with van der Waals surface area (Å²) >= 11 is 0. The molecule has 1 aromatic rings. The first-order valence-electron chi connectivity index (χ1n) is 6.30. The van der Waals surface area contributed by atoms with Crippen LogP contribution in [0, 0.1) is 10.1 Å².